The summed E-state index contributed by atoms with van der Waals surface area (Å²) < 4.78 is 0. The average Bonchev–Trinajstić information content (AvgIpc) is 2.56. The van der Waals surface area contributed by atoms with Crippen molar-refractivity contribution in [2.45, 2.75) is 122 Å². The number of carboxylic acids is 1. The van der Waals surface area contributed by atoms with Crippen molar-refractivity contribution >= 4 is 5.97 Å². The second-order valence-electron chi connectivity index (χ2n) is 7.14. The summed E-state index contributed by atoms with van der Waals surface area (Å²) in [5.41, 5.74) is 0. The van der Waals surface area contributed by atoms with Gasteiger partial charge in [0.1, 0.15) is 0 Å². The van der Waals surface area contributed by atoms with Crippen LogP contribution in [-0.4, -0.2) is 11.1 Å². The molecule has 0 bridgehead atoms. The number of rotatable bonds is 19. The van der Waals surface area contributed by atoms with E-state index < -0.39 is 5.97 Å². The number of carboxylic acid groups (broad SMARTS) is 1. The number of hydrogen-bond donors (Lipinski definition) is 1. The Morgan fingerprint density at radius 3 is 1.40 bits per heavy atom. The molecule has 0 saturated carbocycles. The third kappa shape index (κ3) is 26.5. The maximum Gasteiger partial charge on any atom is 0.303 e. The Balaban J connectivity index is 0. The number of unbranched alkanes of at least 4 members (excludes halogenated alkanes) is 15. The van der Waals surface area contributed by atoms with E-state index in [4.69, 9.17) is 5.11 Å². The first-order valence-corrected chi connectivity index (χ1v) is 10.6. The van der Waals surface area contributed by atoms with E-state index in [0.717, 1.165) is 12.8 Å². The van der Waals surface area contributed by atoms with Gasteiger partial charge in [0.25, 0.3) is 0 Å². The molecule has 1 N–H and O–H groups in total. The van der Waals surface area contributed by atoms with Crippen molar-refractivity contribution in [2.75, 3.05) is 0 Å². The summed E-state index contributed by atoms with van der Waals surface area (Å²) in [4.78, 5) is 10.4. The molecule has 0 aromatic carbocycles. The van der Waals surface area contributed by atoms with Crippen LogP contribution < -0.4 is 0 Å². The van der Waals surface area contributed by atoms with Gasteiger partial charge in [-0.05, 0) is 32.1 Å². The van der Waals surface area contributed by atoms with Gasteiger partial charge in [-0.1, -0.05) is 96.1 Å². The number of hydrogen-bond acceptors (Lipinski definition) is 1. The normalized spacial score (nSPS) is 10.9. The van der Waals surface area contributed by atoms with Crippen LogP contribution in [0.25, 0.3) is 0 Å². The van der Waals surface area contributed by atoms with E-state index in [-0.39, 0.29) is 27.3 Å². The molecule has 0 aromatic rings. The Hall–Kier alpha value is 0.132. The molecule has 0 aliphatic carbocycles. The van der Waals surface area contributed by atoms with E-state index in [1.54, 1.807) is 0 Å². The number of aliphatic carboxylic acids is 1. The first kappa shape index (κ1) is 27.4. The van der Waals surface area contributed by atoms with Crippen LogP contribution in [-0.2, 0) is 32.1 Å². The van der Waals surface area contributed by atoms with Gasteiger partial charge in [0.2, 0.25) is 0 Å². The van der Waals surface area contributed by atoms with Crippen LogP contribution in [0.3, 0.4) is 0 Å². The maximum absolute atomic E-state index is 10.4. The average molecular weight is 451 g/mol. The summed E-state index contributed by atoms with van der Waals surface area (Å²) in [6.07, 6.45) is 27.1. The first-order chi connectivity index (χ1) is 11.8. The molecular formula is C22H42CdO2. The van der Waals surface area contributed by atoms with Crippen LogP contribution in [0.1, 0.15) is 122 Å². The van der Waals surface area contributed by atoms with Gasteiger partial charge in [-0.15, -0.1) is 0 Å². The smallest absolute Gasteiger partial charge is 0.303 e. The fraction of sp³-hybridized carbons (Fsp3) is 0.864. The van der Waals surface area contributed by atoms with Gasteiger partial charge in [0, 0.05) is 33.7 Å². The molecule has 144 valence electrons. The van der Waals surface area contributed by atoms with E-state index in [1.807, 2.05) is 0 Å². The fourth-order valence-electron chi connectivity index (χ4n) is 3.05. The van der Waals surface area contributed by atoms with Crippen molar-refractivity contribution in [3.8, 4) is 0 Å². The molecule has 0 saturated heterocycles. The van der Waals surface area contributed by atoms with Gasteiger partial charge in [-0.25, -0.2) is 0 Å². The Labute approximate surface area is 177 Å². The van der Waals surface area contributed by atoms with Crippen LogP contribution >= 0.6 is 0 Å². The molecule has 25 heavy (non-hydrogen) atoms. The molecule has 0 aliphatic heterocycles. The minimum absolute atomic E-state index is 0. The summed E-state index contributed by atoms with van der Waals surface area (Å²) in [6.45, 7) is 2.27. The third-order valence-corrected chi connectivity index (χ3v) is 4.65. The van der Waals surface area contributed by atoms with Crippen molar-refractivity contribution in [1.29, 1.82) is 0 Å². The van der Waals surface area contributed by atoms with Gasteiger partial charge in [0.05, 0.1) is 0 Å². The molecule has 0 heterocycles. The van der Waals surface area contributed by atoms with E-state index >= 15 is 0 Å². The Kier molecular flexibility index (Phi) is 26.4. The Morgan fingerprint density at radius 2 is 1.00 bits per heavy atom. The van der Waals surface area contributed by atoms with Gasteiger partial charge >= 0.3 is 5.97 Å². The predicted octanol–water partition coefficient (Wildman–Crippen LogP) is 7.67. The molecule has 0 aromatic heterocycles. The summed E-state index contributed by atoms with van der Waals surface area (Å²) >= 11 is 0. The molecule has 2 nitrogen and oxygen atoms in total. The summed E-state index contributed by atoms with van der Waals surface area (Å²) in [6, 6.07) is 0. The second kappa shape index (κ2) is 24.1. The third-order valence-electron chi connectivity index (χ3n) is 4.65. The standard InChI is InChI=1S/C22H42O2.Cd/c1-2-3-4-5-6-7-8-9-10-11-12-13-14-15-16-17-18-19-20-21-22(23)24;/h9-10H,2-8,11-21H2,1H3,(H,23,24);. The number of allylic oxidation sites excluding steroid dienone is 2. The molecular weight excluding hydrogens is 409 g/mol. The van der Waals surface area contributed by atoms with Crippen LogP contribution in [0.2, 0.25) is 0 Å². The van der Waals surface area contributed by atoms with E-state index in [0.29, 0.717) is 6.42 Å². The SMILES string of the molecule is CCCCCCCCC=CCCCCCCCCCCCC(=O)O.[Cd]. The zero-order valence-corrected chi connectivity index (χ0v) is 21.0. The summed E-state index contributed by atoms with van der Waals surface area (Å²) in [7, 11) is 0. The second-order valence-corrected chi connectivity index (χ2v) is 7.14. The minimum atomic E-state index is -0.656. The minimum Gasteiger partial charge on any atom is -0.481 e. The quantitative estimate of drug-likeness (QED) is 0.124. The largest absolute Gasteiger partial charge is 0.481 e. The van der Waals surface area contributed by atoms with Gasteiger partial charge in [-0.3, -0.25) is 4.79 Å². The van der Waals surface area contributed by atoms with Crippen LogP contribution in [0.15, 0.2) is 12.2 Å². The van der Waals surface area contributed by atoms with E-state index in [2.05, 4.69) is 19.1 Å². The van der Waals surface area contributed by atoms with Gasteiger partial charge < -0.3 is 5.11 Å². The van der Waals surface area contributed by atoms with Crippen LogP contribution in [0.5, 0.6) is 0 Å². The molecule has 0 unspecified atom stereocenters. The Morgan fingerprint density at radius 1 is 0.640 bits per heavy atom. The summed E-state index contributed by atoms with van der Waals surface area (Å²) in [5.74, 6) is -0.656. The molecule has 0 spiro atoms. The van der Waals surface area contributed by atoms with Crippen molar-refractivity contribution in [2.24, 2.45) is 0 Å². The number of carbonyl (C=O) groups is 1. The van der Waals surface area contributed by atoms with Crippen LogP contribution in [0, 0.1) is 0 Å². The van der Waals surface area contributed by atoms with Gasteiger partial charge in [-0.2, -0.15) is 0 Å². The van der Waals surface area contributed by atoms with Crippen LogP contribution in [0.4, 0.5) is 0 Å². The molecule has 0 radical (unpaired) electrons. The van der Waals surface area contributed by atoms with Crippen molar-refractivity contribution in [3.05, 3.63) is 12.2 Å². The topological polar surface area (TPSA) is 37.3 Å². The van der Waals surface area contributed by atoms with E-state index in [9.17, 15) is 4.79 Å². The van der Waals surface area contributed by atoms with Crippen molar-refractivity contribution in [3.63, 3.8) is 0 Å². The van der Waals surface area contributed by atoms with Crippen molar-refractivity contribution < 1.29 is 37.2 Å². The monoisotopic (exact) mass is 452 g/mol. The molecule has 0 rings (SSSR count). The zero-order chi connectivity index (χ0) is 17.7. The zero-order valence-electron chi connectivity index (χ0n) is 16.9. The van der Waals surface area contributed by atoms with Crippen molar-refractivity contribution in [1.82, 2.24) is 0 Å². The molecule has 3 heteroatoms. The molecule has 0 aliphatic rings. The Bertz CT molecular complexity index is 290. The molecule has 0 fully saturated rings. The summed E-state index contributed by atoms with van der Waals surface area (Å²) in [5, 5.41) is 8.55. The van der Waals surface area contributed by atoms with Gasteiger partial charge in [0.15, 0.2) is 0 Å². The first-order valence-electron chi connectivity index (χ1n) is 10.6. The fourth-order valence-corrected chi connectivity index (χ4v) is 3.05. The maximum atomic E-state index is 10.4. The molecule has 0 atom stereocenters. The predicted molar refractivity (Wildman–Crippen MR) is 106 cm³/mol. The van der Waals surface area contributed by atoms with E-state index in [1.165, 1.54) is 96.3 Å². The molecule has 0 amide bonds.